The van der Waals surface area contributed by atoms with E-state index in [1.54, 1.807) is 6.20 Å². The first-order chi connectivity index (χ1) is 9.08. The van der Waals surface area contributed by atoms with Gasteiger partial charge in [-0.3, -0.25) is 4.79 Å². The fourth-order valence-electron chi connectivity index (χ4n) is 2.35. The number of rotatable bonds is 4. The maximum Gasteiger partial charge on any atom is 0.242 e. The van der Waals surface area contributed by atoms with E-state index < -0.39 is 0 Å². The van der Waals surface area contributed by atoms with Gasteiger partial charge in [0.2, 0.25) is 5.91 Å². The number of aromatic nitrogens is 3. The van der Waals surface area contributed by atoms with Gasteiger partial charge >= 0.3 is 0 Å². The predicted molar refractivity (Wildman–Crippen MR) is 71.2 cm³/mol. The Balaban J connectivity index is 1.81. The molecule has 3 N–H and O–H groups in total. The van der Waals surface area contributed by atoms with Crippen LogP contribution in [0.15, 0.2) is 6.20 Å². The van der Waals surface area contributed by atoms with Crippen LogP contribution in [0.2, 0.25) is 0 Å². The third-order valence-electron chi connectivity index (χ3n) is 3.67. The molecule has 1 aromatic heterocycles. The van der Waals surface area contributed by atoms with E-state index in [1.807, 2.05) is 0 Å². The van der Waals surface area contributed by atoms with E-state index in [4.69, 9.17) is 5.73 Å². The Morgan fingerprint density at radius 2 is 2.42 bits per heavy atom. The van der Waals surface area contributed by atoms with Crippen LogP contribution in [-0.4, -0.2) is 51.5 Å². The van der Waals surface area contributed by atoms with E-state index in [2.05, 4.69) is 34.5 Å². The van der Waals surface area contributed by atoms with Crippen molar-refractivity contribution in [3.63, 3.8) is 0 Å². The van der Waals surface area contributed by atoms with Gasteiger partial charge in [-0.05, 0) is 26.8 Å². The van der Waals surface area contributed by atoms with Gasteiger partial charge in [-0.1, -0.05) is 5.21 Å². The van der Waals surface area contributed by atoms with Crippen LogP contribution in [0.4, 0.5) is 0 Å². The summed E-state index contributed by atoms with van der Waals surface area (Å²) in [6.07, 6.45) is 3.70. The molecule has 1 aromatic rings. The molecule has 106 valence electrons. The quantitative estimate of drug-likeness (QED) is 0.755. The van der Waals surface area contributed by atoms with E-state index in [1.165, 1.54) is 4.68 Å². The Kier molecular flexibility index (Phi) is 4.49. The Morgan fingerprint density at radius 1 is 1.63 bits per heavy atom. The molecule has 19 heavy (non-hydrogen) atoms. The lowest BCUT2D eigenvalue weighted by Gasteiger charge is -2.35. The topological polar surface area (TPSA) is 89.1 Å². The summed E-state index contributed by atoms with van der Waals surface area (Å²) < 4.78 is 1.52. The van der Waals surface area contributed by atoms with E-state index in [0.29, 0.717) is 18.3 Å². The summed E-state index contributed by atoms with van der Waals surface area (Å²) in [5.41, 5.74) is 6.15. The minimum absolute atomic E-state index is 0.0183. The molecule has 7 nitrogen and oxygen atoms in total. The van der Waals surface area contributed by atoms with Gasteiger partial charge in [0.05, 0.1) is 11.9 Å². The highest BCUT2D eigenvalue weighted by Gasteiger charge is 2.23. The first-order valence-electron chi connectivity index (χ1n) is 6.67. The number of nitrogens with one attached hydrogen (secondary N) is 1. The Morgan fingerprint density at radius 3 is 3.05 bits per heavy atom. The van der Waals surface area contributed by atoms with Gasteiger partial charge in [0.15, 0.2) is 0 Å². The zero-order chi connectivity index (χ0) is 13.8. The number of amides is 1. The molecule has 2 heterocycles. The standard InChI is InChI=1S/C12H22N6O/c1-9-5-10(3-4-17(9)2)14-12(19)8-18-7-11(6-13)15-16-18/h7,9-10H,3-6,8,13H2,1-2H3,(H,14,19). The summed E-state index contributed by atoms with van der Waals surface area (Å²) >= 11 is 0. The summed E-state index contributed by atoms with van der Waals surface area (Å²) in [6, 6.07) is 0.769. The number of piperidine rings is 1. The number of hydrogen-bond acceptors (Lipinski definition) is 5. The SMILES string of the molecule is CC1CC(NC(=O)Cn2cc(CN)nn2)CCN1C. The Hall–Kier alpha value is -1.47. The highest BCUT2D eigenvalue weighted by atomic mass is 16.2. The number of likely N-dealkylation sites (tertiary alicyclic amines) is 1. The van der Waals surface area contributed by atoms with E-state index in [0.717, 1.165) is 19.4 Å². The average molecular weight is 266 g/mol. The molecule has 0 bridgehead atoms. The number of carbonyl (C=O) groups is 1. The van der Waals surface area contributed by atoms with Crippen molar-refractivity contribution in [3.8, 4) is 0 Å². The van der Waals surface area contributed by atoms with Crippen LogP contribution in [0.1, 0.15) is 25.5 Å². The molecule has 0 saturated carbocycles. The fraction of sp³-hybridized carbons (Fsp3) is 0.750. The molecule has 2 rings (SSSR count). The van der Waals surface area contributed by atoms with Crippen LogP contribution in [0.3, 0.4) is 0 Å². The van der Waals surface area contributed by atoms with Crippen LogP contribution in [0.25, 0.3) is 0 Å². The summed E-state index contributed by atoms with van der Waals surface area (Å²) in [5.74, 6) is -0.0183. The minimum Gasteiger partial charge on any atom is -0.352 e. The molecule has 1 aliphatic rings. The van der Waals surface area contributed by atoms with E-state index in [9.17, 15) is 4.79 Å². The third kappa shape index (κ3) is 3.74. The Bertz CT molecular complexity index is 432. The lowest BCUT2D eigenvalue weighted by molar-refractivity contribution is -0.123. The lowest BCUT2D eigenvalue weighted by atomic mass is 9.99. The van der Waals surface area contributed by atoms with Crippen molar-refractivity contribution in [1.82, 2.24) is 25.2 Å². The van der Waals surface area contributed by atoms with Crippen molar-refractivity contribution in [2.75, 3.05) is 13.6 Å². The van der Waals surface area contributed by atoms with Crippen molar-refractivity contribution in [3.05, 3.63) is 11.9 Å². The van der Waals surface area contributed by atoms with Gasteiger partial charge < -0.3 is 16.0 Å². The minimum atomic E-state index is -0.0183. The first kappa shape index (κ1) is 14.0. The second-order valence-corrected chi connectivity index (χ2v) is 5.23. The number of carbonyl (C=O) groups excluding carboxylic acids is 1. The molecular formula is C12H22N6O. The molecule has 2 atom stereocenters. The van der Waals surface area contributed by atoms with Gasteiger partial charge in [0, 0.05) is 25.2 Å². The third-order valence-corrected chi connectivity index (χ3v) is 3.67. The molecule has 0 radical (unpaired) electrons. The normalized spacial score (nSPS) is 24.4. The van der Waals surface area contributed by atoms with Gasteiger partial charge in [0.1, 0.15) is 6.54 Å². The maximum atomic E-state index is 11.9. The molecule has 1 aliphatic heterocycles. The van der Waals surface area contributed by atoms with Gasteiger partial charge in [-0.25, -0.2) is 4.68 Å². The average Bonchev–Trinajstić information content (AvgIpc) is 2.81. The zero-order valence-corrected chi connectivity index (χ0v) is 11.5. The molecule has 1 fully saturated rings. The van der Waals surface area contributed by atoms with Crippen molar-refractivity contribution < 1.29 is 4.79 Å². The maximum absolute atomic E-state index is 11.9. The number of nitrogens with two attached hydrogens (primary N) is 1. The summed E-state index contributed by atoms with van der Waals surface area (Å²) in [7, 11) is 2.12. The smallest absolute Gasteiger partial charge is 0.242 e. The van der Waals surface area contributed by atoms with Crippen LogP contribution < -0.4 is 11.1 Å². The van der Waals surface area contributed by atoms with Crippen molar-refractivity contribution >= 4 is 5.91 Å². The molecule has 7 heteroatoms. The zero-order valence-electron chi connectivity index (χ0n) is 11.5. The van der Waals surface area contributed by atoms with Gasteiger partial charge in [-0.2, -0.15) is 0 Å². The van der Waals surface area contributed by atoms with Gasteiger partial charge in [-0.15, -0.1) is 5.10 Å². The molecule has 2 unspecified atom stereocenters. The molecule has 0 aromatic carbocycles. The van der Waals surface area contributed by atoms with Crippen LogP contribution in [-0.2, 0) is 17.9 Å². The molecule has 0 aliphatic carbocycles. The second-order valence-electron chi connectivity index (χ2n) is 5.23. The monoisotopic (exact) mass is 266 g/mol. The molecular weight excluding hydrogens is 244 g/mol. The van der Waals surface area contributed by atoms with Crippen molar-refractivity contribution in [2.45, 2.75) is 44.9 Å². The van der Waals surface area contributed by atoms with E-state index in [-0.39, 0.29) is 18.5 Å². The van der Waals surface area contributed by atoms with Crippen molar-refractivity contribution in [2.24, 2.45) is 5.73 Å². The lowest BCUT2D eigenvalue weighted by Crippen LogP contribution is -2.48. The van der Waals surface area contributed by atoms with Crippen LogP contribution >= 0.6 is 0 Å². The summed E-state index contributed by atoms with van der Waals surface area (Å²) in [5, 5.41) is 10.8. The predicted octanol–water partition coefficient (Wildman–Crippen LogP) is -0.664. The fourth-order valence-corrected chi connectivity index (χ4v) is 2.35. The highest BCUT2D eigenvalue weighted by Crippen LogP contribution is 2.15. The molecule has 1 saturated heterocycles. The first-order valence-corrected chi connectivity index (χ1v) is 6.67. The molecule has 1 amide bonds. The Labute approximate surface area is 113 Å². The largest absolute Gasteiger partial charge is 0.352 e. The van der Waals surface area contributed by atoms with Crippen molar-refractivity contribution in [1.29, 1.82) is 0 Å². The van der Waals surface area contributed by atoms with Gasteiger partial charge in [0.25, 0.3) is 0 Å². The molecule has 0 spiro atoms. The second kappa shape index (κ2) is 6.12. The van der Waals surface area contributed by atoms with Crippen LogP contribution in [0.5, 0.6) is 0 Å². The summed E-state index contributed by atoms with van der Waals surface area (Å²) in [4.78, 5) is 14.2. The number of nitrogens with zero attached hydrogens (tertiary/aromatic N) is 4. The number of hydrogen-bond donors (Lipinski definition) is 2. The van der Waals surface area contributed by atoms with E-state index >= 15 is 0 Å². The highest BCUT2D eigenvalue weighted by molar-refractivity contribution is 5.75. The summed E-state index contributed by atoms with van der Waals surface area (Å²) in [6.45, 7) is 3.75. The van der Waals surface area contributed by atoms with Crippen LogP contribution in [0, 0.1) is 0 Å².